The van der Waals surface area contributed by atoms with Crippen LogP contribution in [0.5, 0.6) is 0 Å². The second-order valence-electron chi connectivity index (χ2n) is 3.42. The Morgan fingerprint density at radius 3 is 0.680 bits per heavy atom. The summed E-state index contributed by atoms with van der Waals surface area (Å²) in [4.78, 5) is 58.2. The largest absolute Gasteiger partial charge is 0.668 e. The van der Waals surface area contributed by atoms with E-state index in [9.17, 15) is 0 Å². The maximum Gasteiger partial charge on any atom is 0.668 e. The molecule has 0 aliphatic carbocycles. The van der Waals surface area contributed by atoms with Gasteiger partial charge in [0.05, 0.1) is 0 Å². The third-order valence-corrected chi connectivity index (χ3v) is 1.37. The average molecular weight is 378 g/mol. The number of aromatic nitrogens is 6. The van der Waals surface area contributed by atoms with Crippen LogP contribution in [0.15, 0.2) is 0 Å². The van der Waals surface area contributed by atoms with Gasteiger partial charge in [-0.25, -0.2) is 0 Å². The summed E-state index contributed by atoms with van der Waals surface area (Å²) in [5, 5.41) is 0. The number of nitrogens with two attached hydrogens (primary N) is 6. The number of carbonyl (C=O) groups excluding carboxylic acids is 1. The number of carbonyl (C=O) groups is 1. The van der Waals surface area contributed by atoms with Gasteiger partial charge in [0, 0.05) is 0 Å². The first kappa shape index (κ1) is 23.8. The highest BCUT2D eigenvalue weighted by molar-refractivity contribution is 6.46. The van der Waals surface area contributed by atoms with Crippen molar-refractivity contribution in [3.63, 3.8) is 0 Å². The van der Waals surface area contributed by atoms with Crippen molar-refractivity contribution in [3.05, 3.63) is 0 Å². The Hall–Kier alpha value is -3.45. The molecular weight excluding hydrogens is 360 g/mol. The molecule has 0 amide bonds. The number of hydrogen-bond acceptors (Lipinski definition) is 17. The molecule has 0 bridgehead atoms. The van der Waals surface area contributed by atoms with E-state index in [1.54, 1.807) is 0 Å². The summed E-state index contributed by atoms with van der Waals surface area (Å²) in [5.41, 5.74) is 30.8. The molecule has 0 atom stereocenters. The third-order valence-electron chi connectivity index (χ3n) is 1.37. The zero-order valence-corrected chi connectivity index (χ0v) is 13.6. The number of hydrogen-bond donors (Lipinski definition) is 10. The van der Waals surface area contributed by atoms with E-state index in [-0.39, 0.29) is 35.7 Å². The minimum absolute atomic E-state index is 0.0417. The molecule has 0 spiro atoms. The lowest BCUT2D eigenvalue weighted by molar-refractivity contribution is -0.0980. The molecule has 140 valence electrons. The number of anilines is 6. The van der Waals surface area contributed by atoms with Crippen LogP contribution in [0.1, 0.15) is 0 Å². The summed E-state index contributed by atoms with van der Waals surface area (Å²) in [6.07, 6.45) is 0. The van der Waals surface area contributed by atoms with Crippen LogP contribution in [0, 0.1) is 0 Å². The Bertz CT molecular complexity index is 498. The van der Waals surface area contributed by atoms with Crippen LogP contribution in [0.3, 0.4) is 0 Å². The average Bonchev–Trinajstić information content (AvgIpc) is 2.36. The van der Waals surface area contributed by atoms with Gasteiger partial charge in [-0.05, 0) is 0 Å². The predicted octanol–water partition coefficient (Wildman–Crippen LogP) is -5.56. The van der Waals surface area contributed by atoms with E-state index in [0.717, 1.165) is 0 Å². The lowest BCUT2D eigenvalue weighted by Gasteiger charge is -1.93. The standard InChI is InChI=1S/2C3H6N6.CH2O.H4O4Si/c2*4-1-7-2(5)9-3(6)8-1;1-2;1-5(2,3)4/h2*(H6,4,5,6,7,8,9);1H2;1-4H. The van der Waals surface area contributed by atoms with Crippen molar-refractivity contribution in [1.82, 2.24) is 29.9 Å². The smallest absolute Gasteiger partial charge is 0.368 e. The highest BCUT2D eigenvalue weighted by Gasteiger charge is 2.22. The van der Waals surface area contributed by atoms with Crippen molar-refractivity contribution >= 4 is 51.5 Å². The Labute approximate surface area is 140 Å². The molecule has 0 aliphatic heterocycles. The molecule has 2 rings (SSSR count). The highest BCUT2D eigenvalue weighted by Crippen LogP contribution is 1.98. The first-order chi connectivity index (χ1) is 11.4. The van der Waals surface area contributed by atoms with E-state index in [1.807, 2.05) is 6.79 Å². The SMILES string of the molecule is C=O.Nc1nc(N)nc(N)n1.Nc1nc(N)nc(N)n1.O[Si](O)(O)O. The lowest BCUT2D eigenvalue weighted by atomic mass is 10.9. The second-order valence-corrected chi connectivity index (χ2v) is 4.62. The van der Waals surface area contributed by atoms with Gasteiger partial charge in [0.1, 0.15) is 6.79 Å². The molecule has 0 saturated carbocycles. The van der Waals surface area contributed by atoms with E-state index in [1.165, 1.54) is 0 Å². The van der Waals surface area contributed by atoms with E-state index in [2.05, 4.69) is 29.9 Å². The molecule has 0 unspecified atom stereocenters. The van der Waals surface area contributed by atoms with Crippen LogP contribution < -0.4 is 34.4 Å². The maximum atomic E-state index is 8.00. The van der Waals surface area contributed by atoms with Crippen molar-refractivity contribution < 1.29 is 24.0 Å². The van der Waals surface area contributed by atoms with Gasteiger partial charge in [0.2, 0.25) is 35.7 Å². The Morgan fingerprint density at radius 2 is 0.600 bits per heavy atom. The van der Waals surface area contributed by atoms with Gasteiger partial charge in [-0.1, -0.05) is 0 Å². The van der Waals surface area contributed by atoms with Gasteiger partial charge in [-0.3, -0.25) is 0 Å². The predicted molar refractivity (Wildman–Crippen MR) is 87.9 cm³/mol. The molecule has 2 aromatic heterocycles. The van der Waals surface area contributed by atoms with Crippen LogP contribution in [-0.4, -0.2) is 64.9 Å². The van der Waals surface area contributed by atoms with Crippen molar-refractivity contribution in [3.8, 4) is 0 Å². The van der Waals surface area contributed by atoms with Crippen LogP contribution in [0.4, 0.5) is 35.7 Å². The summed E-state index contributed by atoms with van der Waals surface area (Å²) in [5.74, 6) is 0.250. The minimum atomic E-state index is -4.61. The second kappa shape index (κ2) is 11.1. The summed E-state index contributed by atoms with van der Waals surface area (Å²) in [7, 11) is -4.61. The Morgan fingerprint density at radius 1 is 0.520 bits per heavy atom. The first-order valence-electron chi connectivity index (χ1n) is 5.60. The molecule has 0 radical (unpaired) electrons. The lowest BCUT2D eigenvalue weighted by Crippen LogP contribution is -2.33. The fraction of sp³-hybridized carbons (Fsp3) is 0. The minimum Gasteiger partial charge on any atom is -0.368 e. The van der Waals surface area contributed by atoms with E-state index < -0.39 is 9.05 Å². The molecule has 18 heteroatoms. The fourth-order valence-corrected chi connectivity index (χ4v) is 0.854. The Kier molecular flexibility index (Phi) is 10.6. The normalized spacial score (nSPS) is 9.28. The molecule has 16 N–H and O–H groups in total. The molecule has 25 heavy (non-hydrogen) atoms. The molecule has 2 heterocycles. The molecule has 0 aliphatic rings. The fourth-order valence-electron chi connectivity index (χ4n) is 0.854. The maximum absolute atomic E-state index is 8.00. The quantitative estimate of drug-likeness (QED) is 0.191. The zero-order chi connectivity index (χ0) is 20.2. The third kappa shape index (κ3) is 16.7. The molecule has 0 fully saturated rings. The van der Waals surface area contributed by atoms with Gasteiger partial charge in [0.25, 0.3) is 0 Å². The summed E-state index contributed by atoms with van der Waals surface area (Å²) >= 11 is 0. The zero-order valence-electron chi connectivity index (χ0n) is 12.6. The van der Waals surface area contributed by atoms with Gasteiger partial charge in [-0.15, -0.1) is 0 Å². The molecule has 0 aromatic carbocycles. The van der Waals surface area contributed by atoms with Gasteiger partial charge in [-0.2, -0.15) is 29.9 Å². The Balaban J connectivity index is 0. The van der Waals surface area contributed by atoms with Crippen molar-refractivity contribution in [1.29, 1.82) is 0 Å². The highest BCUT2D eigenvalue weighted by atomic mass is 28.4. The van der Waals surface area contributed by atoms with E-state index in [0.29, 0.717) is 0 Å². The van der Waals surface area contributed by atoms with Crippen molar-refractivity contribution in [2.75, 3.05) is 34.4 Å². The van der Waals surface area contributed by atoms with Crippen LogP contribution in [0.25, 0.3) is 0 Å². The molecule has 2 aromatic rings. The molecular formula is C7H18N12O5Si. The molecule has 17 nitrogen and oxygen atoms in total. The van der Waals surface area contributed by atoms with Gasteiger partial charge >= 0.3 is 9.05 Å². The monoisotopic (exact) mass is 378 g/mol. The van der Waals surface area contributed by atoms with E-state index in [4.69, 9.17) is 58.4 Å². The van der Waals surface area contributed by atoms with Gasteiger partial charge < -0.3 is 58.4 Å². The van der Waals surface area contributed by atoms with Crippen LogP contribution in [-0.2, 0) is 4.79 Å². The summed E-state index contributed by atoms with van der Waals surface area (Å²) in [6, 6.07) is 0. The summed E-state index contributed by atoms with van der Waals surface area (Å²) in [6.45, 7) is 2.00. The van der Waals surface area contributed by atoms with Gasteiger partial charge in [0.15, 0.2) is 0 Å². The van der Waals surface area contributed by atoms with Crippen LogP contribution in [0.2, 0.25) is 0 Å². The topological polar surface area (TPSA) is 331 Å². The van der Waals surface area contributed by atoms with Crippen molar-refractivity contribution in [2.24, 2.45) is 0 Å². The van der Waals surface area contributed by atoms with E-state index >= 15 is 0 Å². The number of rotatable bonds is 0. The van der Waals surface area contributed by atoms with Crippen LogP contribution >= 0.6 is 0 Å². The molecule has 0 saturated heterocycles. The summed E-state index contributed by atoms with van der Waals surface area (Å²) < 4.78 is 0. The number of nitrogens with zero attached hydrogens (tertiary/aromatic N) is 6. The first-order valence-corrected chi connectivity index (χ1v) is 7.39. The number of nitrogen functional groups attached to an aromatic ring is 6. The van der Waals surface area contributed by atoms with Crippen molar-refractivity contribution in [2.45, 2.75) is 0 Å².